The second-order valence-electron chi connectivity index (χ2n) is 3.33. The van der Waals surface area contributed by atoms with Gasteiger partial charge in [-0.2, -0.15) is 0 Å². The molecule has 0 atom stereocenters. The van der Waals surface area contributed by atoms with Gasteiger partial charge in [-0.25, -0.2) is 0 Å². The van der Waals surface area contributed by atoms with Gasteiger partial charge in [-0.1, -0.05) is 0 Å². The molecule has 0 bridgehead atoms. The Hall–Kier alpha value is -1.32. The molecule has 3 aromatic heterocycles. The van der Waals surface area contributed by atoms with Crippen LogP contribution in [-0.2, 0) is 0 Å². The SMILES string of the molecule is [Eu].c1cnn(OB(On2cccn2)On2cccn2)c1. The first-order valence-electron chi connectivity index (χ1n) is 5.40. The van der Waals surface area contributed by atoms with E-state index in [-0.39, 0.29) is 49.4 Å². The summed E-state index contributed by atoms with van der Waals surface area (Å²) >= 11 is 0. The van der Waals surface area contributed by atoms with Crippen LogP contribution in [0, 0.1) is 49.4 Å². The third kappa shape index (κ3) is 4.09. The third-order valence-corrected chi connectivity index (χ3v) is 2.02. The largest absolute Gasteiger partial charge is 0.929 e. The van der Waals surface area contributed by atoms with Crippen LogP contribution in [0.2, 0.25) is 0 Å². The first kappa shape index (κ1) is 15.1. The summed E-state index contributed by atoms with van der Waals surface area (Å²) in [6.45, 7) is 0. The minimum atomic E-state index is -1.11. The Morgan fingerprint density at radius 3 is 1.25 bits per heavy atom. The molecule has 0 aromatic carbocycles. The molecule has 0 saturated heterocycles. The average Bonchev–Trinajstić information content (AvgIpc) is 3.10. The summed E-state index contributed by atoms with van der Waals surface area (Å²) in [5.41, 5.74) is 0. The maximum Gasteiger partial charge on any atom is 0.929 e. The van der Waals surface area contributed by atoms with Gasteiger partial charge in [0.15, 0.2) is 0 Å². The summed E-state index contributed by atoms with van der Waals surface area (Å²) in [6.07, 6.45) is 9.51. The number of hydrogen-bond donors (Lipinski definition) is 0. The summed E-state index contributed by atoms with van der Waals surface area (Å²) in [5, 5.41) is 11.7. The quantitative estimate of drug-likeness (QED) is 0.481. The van der Waals surface area contributed by atoms with Crippen molar-refractivity contribution in [1.29, 1.82) is 0 Å². The molecule has 0 aliphatic rings. The van der Waals surface area contributed by atoms with Gasteiger partial charge in [0.2, 0.25) is 0 Å². The molecule has 103 valence electrons. The Balaban J connectivity index is 0.00000147. The van der Waals surface area contributed by atoms with Crippen LogP contribution in [0.3, 0.4) is 0 Å². The molecule has 0 N–H and O–H groups in total. The first-order valence-corrected chi connectivity index (χ1v) is 5.40. The van der Waals surface area contributed by atoms with Crippen molar-refractivity contribution >= 4 is 7.32 Å². The monoisotopic (exact) mass is 413 g/mol. The molecule has 20 heavy (non-hydrogen) atoms. The van der Waals surface area contributed by atoms with Gasteiger partial charge in [0, 0.05) is 49.4 Å². The molecular weight excluding hydrogens is 403 g/mol. The molecule has 9 nitrogen and oxygen atoms in total. The predicted octanol–water partition coefficient (Wildman–Crippen LogP) is -1.05. The average molecular weight is 412 g/mol. The van der Waals surface area contributed by atoms with Crippen molar-refractivity contribution in [1.82, 2.24) is 29.8 Å². The van der Waals surface area contributed by atoms with Gasteiger partial charge >= 0.3 is 7.32 Å². The fourth-order valence-electron chi connectivity index (χ4n) is 1.27. The molecule has 1 radical (unpaired) electrons. The van der Waals surface area contributed by atoms with E-state index in [9.17, 15) is 0 Å². The van der Waals surface area contributed by atoms with Crippen LogP contribution in [0.5, 0.6) is 0 Å². The molecule has 0 spiro atoms. The van der Waals surface area contributed by atoms with E-state index in [0.717, 1.165) is 0 Å². The molecule has 0 saturated carbocycles. The zero-order valence-corrected chi connectivity index (χ0v) is 12.5. The van der Waals surface area contributed by atoms with E-state index in [1.54, 1.807) is 55.4 Å². The standard InChI is InChI=1S/C9H9BN6O3.Eu/c1-4-11-14(7-1)17-10(18-15-8-2-5-12-15)19-16-9-3-6-13-16;/h1-9H;. The van der Waals surface area contributed by atoms with E-state index in [2.05, 4.69) is 15.3 Å². The van der Waals surface area contributed by atoms with Crippen LogP contribution in [-0.4, -0.2) is 37.2 Å². The Kier molecular flexibility index (Phi) is 5.62. The van der Waals surface area contributed by atoms with Gasteiger partial charge in [0.25, 0.3) is 0 Å². The Labute approximate surface area is 155 Å². The zero-order chi connectivity index (χ0) is 12.9. The molecule has 0 fully saturated rings. The minimum Gasteiger partial charge on any atom is -0.380 e. The summed E-state index contributed by atoms with van der Waals surface area (Å²) < 4.78 is 16.0. The van der Waals surface area contributed by atoms with Crippen LogP contribution in [0.15, 0.2) is 55.4 Å². The fourth-order valence-corrected chi connectivity index (χ4v) is 1.27. The number of nitrogens with zero attached hydrogens (tertiary/aromatic N) is 6. The molecular formula is C9H9BEuN6O3. The number of rotatable bonds is 6. The van der Waals surface area contributed by atoms with E-state index in [1.165, 1.54) is 14.5 Å². The molecule has 3 rings (SSSR count). The second-order valence-corrected chi connectivity index (χ2v) is 3.33. The third-order valence-electron chi connectivity index (χ3n) is 2.02. The molecule has 0 amide bonds. The Morgan fingerprint density at radius 2 is 1.00 bits per heavy atom. The van der Waals surface area contributed by atoms with E-state index < -0.39 is 7.32 Å². The molecule has 3 aromatic rings. The van der Waals surface area contributed by atoms with Crippen LogP contribution >= 0.6 is 0 Å². The summed E-state index contributed by atoms with van der Waals surface area (Å²) in [7, 11) is -1.11. The van der Waals surface area contributed by atoms with Crippen molar-refractivity contribution in [2.24, 2.45) is 0 Å². The fraction of sp³-hybridized carbons (Fsp3) is 0. The van der Waals surface area contributed by atoms with Gasteiger partial charge in [0.05, 0.1) is 37.2 Å². The smallest absolute Gasteiger partial charge is 0.380 e. The van der Waals surface area contributed by atoms with Crippen molar-refractivity contribution in [2.75, 3.05) is 0 Å². The molecule has 0 aliphatic heterocycles. The van der Waals surface area contributed by atoms with Gasteiger partial charge in [0.1, 0.15) is 0 Å². The van der Waals surface area contributed by atoms with Gasteiger partial charge in [-0.15, -0.1) is 29.8 Å². The molecule has 3 heterocycles. The Morgan fingerprint density at radius 1 is 0.650 bits per heavy atom. The second kappa shape index (κ2) is 7.46. The van der Waals surface area contributed by atoms with Gasteiger partial charge < -0.3 is 14.3 Å². The zero-order valence-electron chi connectivity index (χ0n) is 10.1. The maximum atomic E-state index is 5.34. The van der Waals surface area contributed by atoms with Gasteiger partial charge in [-0.05, 0) is 18.2 Å². The van der Waals surface area contributed by atoms with E-state index in [4.69, 9.17) is 14.3 Å². The summed E-state index contributed by atoms with van der Waals surface area (Å²) in [5.74, 6) is 0. The van der Waals surface area contributed by atoms with E-state index in [0.29, 0.717) is 0 Å². The first-order chi connectivity index (χ1) is 9.40. The van der Waals surface area contributed by atoms with Crippen LogP contribution in [0.4, 0.5) is 0 Å². The van der Waals surface area contributed by atoms with Crippen molar-refractivity contribution in [2.45, 2.75) is 0 Å². The number of hydrogen-bond acceptors (Lipinski definition) is 6. The molecule has 11 heteroatoms. The normalized spacial score (nSPS) is 9.60. The molecule has 0 aliphatic carbocycles. The molecule has 0 unspecified atom stereocenters. The van der Waals surface area contributed by atoms with Crippen LogP contribution < -0.4 is 14.3 Å². The maximum absolute atomic E-state index is 5.34. The summed E-state index contributed by atoms with van der Waals surface area (Å²) in [6, 6.07) is 5.12. The summed E-state index contributed by atoms with van der Waals surface area (Å²) in [4.78, 5) is 3.62. The van der Waals surface area contributed by atoms with E-state index >= 15 is 0 Å². The van der Waals surface area contributed by atoms with Crippen molar-refractivity contribution in [3.63, 3.8) is 0 Å². The van der Waals surface area contributed by atoms with Crippen molar-refractivity contribution in [3.05, 3.63) is 55.4 Å². The minimum absolute atomic E-state index is 0. The van der Waals surface area contributed by atoms with Crippen LogP contribution in [0.25, 0.3) is 0 Å². The number of aromatic nitrogens is 6. The predicted molar refractivity (Wildman–Crippen MR) is 62.2 cm³/mol. The van der Waals surface area contributed by atoms with Crippen molar-refractivity contribution < 1.29 is 63.6 Å². The van der Waals surface area contributed by atoms with Crippen molar-refractivity contribution in [3.8, 4) is 0 Å². The Bertz CT molecular complexity index is 501. The van der Waals surface area contributed by atoms with E-state index in [1.807, 2.05) is 0 Å². The van der Waals surface area contributed by atoms with Crippen LogP contribution in [0.1, 0.15) is 0 Å². The topological polar surface area (TPSA) is 81.1 Å². The van der Waals surface area contributed by atoms with Gasteiger partial charge in [-0.3, -0.25) is 0 Å².